The normalized spacial score (nSPS) is 17.6. The van der Waals surface area contributed by atoms with E-state index in [1.54, 1.807) is 20.8 Å². The number of hydrogen-bond donors (Lipinski definition) is 31. The van der Waals surface area contributed by atoms with E-state index in [0.717, 1.165) is 0 Å². The number of ether oxygens (including phenoxy) is 5. The molecule has 0 radical (unpaired) electrons. The van der Waals surface area contributed by atoms with Crippen LogP contribution in [0.1, 0.15) is 46.5 Å². The molecule has 0 bridgehead atoms. The molecule has 14 atom stereocenters. The van der Waals surface area contributed by atoms with Crippen molar-refractivity contribution < 1.29 is 238 Å². The van der Waals surface area contributed by atoms with Gasteiger partial charge in [0.1, 0.15) is 37.6 Å². The molecule has 0 aliphatic carbocycles. The molecule has 0 spiro atoms. The molecule has 10 rings (SSSR count). The fourth-order valence-electron chi connectivity index (χ4n) is 10.8. The quantitative estimate of drug-likeness (QED) is 0.0179. The van der Waals surface area contributed by atoms with E-state index in [9.17, 15) is 122 Å². The molecule has 0 fully saturated rings. The van der Waals surface area contributed by atoms with Gasteiger partial charge in [-0.2, -0.15) is 46.5 Å². The van der Waals surface area contributed by atoms with Crippen molar-refractivity contribution in [2.75, 3.05) is 86.8 Å². The van der Waals surface area contributed by atoms with Gasteiger partial charge in [-0.3, -0.25) is 71.7 Å². The number of nitrogen functional groups attached to an aromatic ring is 5. The molecule has 81 nitrogen and oxygen atoms in total. The molecule has 10 aromatic heterocycles. The summed E-state index contributed by atoms with van der Waals surface area (Å²) in [4.78, 5) is 288. The molecule has 96 heteroatoms. The predicted octanol–water partition coefficient (Wildman–Crippen LogP) is -2.28. The van der Waals surface area contributed by atoms with Crippen LogP contribution in [0.15, 0.2) is 49.3 Å². The Balaban J connectivity index is 0.000000277. The van der Waals surface area contributed by atoms with Crippen LogP contribution in [0.5, 0.6) is 0 Å². The van der Waals surface area contributed by atoms with Gasteiger partial charge in [-0.15, -0.1) is 0 Å². The van der Waals surface area contributed by atoms with E-state index in [2.05, 4.69) is 118 Å². The molecular formula is C49H88N25O56P15. The highest BCUT2D eigenvalue weighted by Gasteiger charge is 2.46. The van der Waals surface area contributed by atoms with Gasteiger partial charge < -0.3 is 178 Å². The number of nitrogens with zero attached hydrogens (tertiary/aromatic N) is 15. The van der Waals surface area contributed by atoms with Gasteiger partial charge in [0.15, 0.2) is 55.8 Å². The number of phosphoric acid groups is 10. The minimum atomic E-state index is -5.56. The molecule has 14 unspecified atom stereocenters. The number of aliphatic hydroxyl groups excluding tert-OH is 1. The maximum Gasteiger partial charge on any atom is 0.488 e. The molecule has 0 aromatic carbocycles. The zero-order valence-electron chi connectivity index (χ0n) is 73.3. The highest BCUT2D eigenvalue weighted by molar-refractivity contribution is 7.70. The molecule has 145 heavy (non-hydrogen) atoms. The van der Waals surface area contributed by atoms with E-state index in [4.69, 9.17) is 126 Å². The molecule has 0 aliphatic rings. The first-order valence-corrected chi connectivity index (χ1v) is 61.4. The largest absolute Gasteiger partial charge is 0.488 e. The summed E-state index contributed by atoms with van der Waals surface area (Å²) in [5, 5.41) is 9.47. The number of nitrogens with one attached hydrogen (secondary N) is 5. The average molecular weight is 2390 g/mol. The number of aliphatic hydroxyl groups is 1. The van der Waals surface area contributed by atoms with Crippen molar-refractivity contribution in [1.29, 1.82) is 0 Å². The van der Waals surface area contributed by atoms with Gasteiger partial charge in [-0.1, -0.05) is 6.92 Å². The molecular weight excluding hydrogens is 2300 g/mol. The molecule has 0 saturated carbocycles. The first kappa shape index (κ1) is 126. The summed E-state index contributed by atoms with van der Waals surface area (Å²) in [6.07, 6.45) is -1.22. The van der Waals surface area contributed by atoms with Crippen molar-refractivity contribution in [1.82, 2.24) is 97.6 Å². The van der Waals surface area contributed by atoms with Gasteiger partial charge in [-0.25, -0.2) is 92.1 Å². The fraction of sp³-hybridized carbons (Fsp3) is 0.490. The summed E-state index contributed by atoms with van der Waals surface area (Å²) in [6.45, 7) is 8.18. The number of nitrogens with two attached hydrogens (primary N) is 5. The van der Waals surface area contributed by atoms with Crippen LogP contribution < -0.4 is 56.5 Å². The van der Waals surface area contributed by atoms with Gasteiger partial charge >= 0.3 is 116 Å². The number of aromatic nitrogens is 20. The first-order chi connectivity index (χ1) is 65.6. The molecule has 820 valence electrons. The van der Waals surface area contributed by atoms with E-state index >= 15 is 0 Å². The SMILES string of the molecule is CC(C)(Cn1cnc2c(=O)[nH]c(N)nc21)OCP(=O)(O)OP(=O)(O)OP(=O)(O)O.CC(COCP(=O)(O)OP(=O)(O)OP(=O)(O)O)Cn1cnc2c(=O)[nH]c(N)nc21.CC(COCP(=O)(O)OP(=O)(O)OP(=O)(O)O)n1cnc2c(=O)[nH]c(N)nc21.Cc1nc2c(=O)[nH]c(N)nc2n1CC(C)OCP(=O)(O)OP(=O)(O)OP(=O)(O)O.Nc1nc2c(ncn2CC(CO)COCP(=O)(O)OP(=O)(O)OP(=O)(O)O)c(=O)[nH]1. The molecule has 36 N–H and O–H groups in total. The lowest BCUT2D eigenvalue weighted by Gasteiger charge is -2.27. The third-order valence-corrected chi connectivity index (χ3v) is 35.7. The van der Waals surface area contributed by atoms with Gasteiger partial charge in [0.2, 0.25) is 29.7 Å². The molecule has 10 heterocycles. The van der Waals surface area contributed by atoms with E-state index in [0.29, 0.717) is 5.82 Å². The second-order valence-electron chi connectivity index (χ2n) is 29.1. The Kier molecular flexibility index (Phi) is 43.1. The Morgan fingerprint density at radius 3 is 1.00 bits per heavy atom. The topological polar surface area (TPSA) is 1270 Å². The maximum atomic E-state index is 11.9. The molecule has 0 aliphatic heterocycles. The first-order valence-electron chi connectivity index (χ1n) is 37.5. The Morgan fingerprint density at radius 2 is 0.641 bits per heavy atom. The second-order valence-corrected chi connectivity index (χ2v) is 52.9. The van der Waals surface area contributed by atoms with Crippen LogP contribution in [0.4, 0.5) is 29.7 Å². The minimum Gasteiger partial charge on any atom is -0.396 e. The van der Waals surface area contributed by atoms with Crippen LogP contribution in [-0.4, -0.2) is 270 Å². The Labute approximate surface area is 801 Å². The van der Waals surface area contributed by atoms with Crippen LogP contribution in [0.25, 0.3) is 55.8 Å². The van der Waals surface area contributed by atoms with Crippen molar-refractivity contribution in [3.63, 3.8) is 0 Å². The van der Waals surface area contributed by atoms with Gasteiger partial charge in [0.05, 0.1) is 76.0 Å². The van der Waals surface area contributed by atoms with Crippen molar-refractivity contribution in [3.05, 3.63) is 82.9 Å². The Bertz CT molecular complexity index is 7430. The predicted molar refractivity (Wildman–Crippen MR) is 479 cm³/mol. The van der Waals surface area contributed by atoms with Gasteiger partial charge in [0.25, 0.3) is 27.8 Å². The third kappa shape index (κ3) is 43.9. The third-order valence-electron chi connectivity index (χ3n) is 15.7. The molecule has 0 saturated heterocycles. The number of imidazole rings is 5. The number of anilines is 5. The summed E-state index contributed by atoms with van der Waals surface area (Å²) in [5.74, 6) is -1.36. The minimum absolute atomic E-state index is 0.000703. The Hall–Kier alpha value is -7.24. The number of rotatable bonds is 48. The van der Waals surface area contributed by atoms with Gasteiger partial charge in [-0.05, 0) is 40.5 Å². The van der Waals surface area contributed by atoms with E-state index in [1.165, 1.54) is 68.9 Å². The van der Waals surface area contributed by atoms with Crippen LogP contribution in [0, 0.1) is 18.8 Å². The van der Waals surface area contributed by atoms with Crippen molar-refractivity contribution >= 4 is 202 Å². The monoisotopic (exact) mass is 2390 g/mol. The van der Waals surface area contributed by atoms with Crippen molar-refractivity contribution in [2.45, 2.75) is 85.5 Å². The Morgan fingerprint density at radius 1 is 0.352 bits per heavy atom. The molecule has 10 aromatic rings. The number of fused-ring (bicyclic) bond motifs is 5. The van der Waals surface area contributed by atoms with E-state index in [1.807, 2.05) is 0 Å². The lowest BCUT2D eigenvalue weighted by molar-refractivity contribution is -0.0106. The molecule has 0 amide bonds. The number of aryl methyl sites for hydroxylation is 1. The van der Waals surface area contributed by atoms with Crippen LogP contribution in [0.3, 0.4) is 0 Å². The van der Waals surface area contributed by atoms with Crippen LogP contribution >= 0.6 is 116 Å². The average Bonchev–Trinajstić information content (AvgIpc) is 1.64. The van der Waals surface area contributed by atoms with Crippen molar-refractivity contribution in [3.8, 4) is 0 Å². The van der Waals surface area contributed by atoms with Crippen molar-refractivity contribution in [2.24, 2.45) is 11.8 Å². The van der Waals surface area contributed by atoms with Crippen LogP contribution in [-0.2, 0) is 161 Å². The standard InChI is InChI=1S/C10H18N5O12P3.3C10H18N5O11P3.C9H16N5O11P3/c11-10-13-8-7(9(17)14-10)12-4-15(8)1-6(2-16)3-25-5-28(18,19)26-30(23,24)27-29(20,21)22;1-10(2,3-15-4-12-6-7(15)13-9(11)14-8(6)16)24-5-27(17,18)25-29(22,23)26-28(19,20)21;1-6(2-15-4-12-7-8(15)13-10(11)14-9(7)16)3-24-5-27(17,18)25-29(22,23)26-28(19,20)21;1-5(24-4-27(17,18)25-29(22,23)26-28(19,20)21)3-15-6(2)12-7-8(15)13-10(11)14-9(7)16;1-5(14-3-11-6-7(14)12-9(10)13-8(6)15)2-23-4-26(16,17)24-28(21,22)25-27(18,19)20/h4,6,16H,1-3,5H2,(H,18,19)(H,23,24)(H2,20,21,22)(H3,11,13,14,17);4H,3,5H2,1-2H3,(H,17,18)(H,22,23)(H2,19,20,21)(H3,11,13,14,16);4,6H,2-3,5H2,1H3,(H,17,18)(H,22,23)(H2,19,20,21)(H3,11,13,14,16);5H,3-4H2,1-2H3,(H,17,18)(H,22,23)(H2,19,20,21)(H3,11,13,14,16);3,5H,2,4H2,1H3,(H,16,17)(H,21,22)(H2,18,19,20)(H3,10,12,13,15). The second kappa shape index (κ2) is 49.5. The van der Waals surface area contributed by atoms with E-state index < -0.39 is 206 Å². The summed E-state index contributed by atoms with van der Waals surface area (Å²) < 4.78 is 237. The zero-order chi connectivity index (χ0) is 111. The zero-order valence-corrected chi connectivity index (χ0v) is 86.7. The highest BCUT2D eigenvalue weighted by Crippen LogP contribution is 2.70. The lowest BCUT2D eigenvalue weighted by Crippen LogP contribution is -2.31. The van der Waals surface area contributed by atoms with Crippen LogP contribution in [0.2, 0.25) is 0 Å². The summed E-state index contributed by atoms with van der Waals surface area (Å²) in [5.41, 5.74) is 24.3. The highest BCUT2D eigenvalue weighted by atomic mass is 31.3. The van der Waals surface area contributed by atoms with E-state index in [-0.39, 0.29) is 137 Å². The number of hydrogen-bond acceptors (Lipinski definition) is 51. The smallest absolute Gasteiger partial charge is 0.396 e. The summed E-state index contributed by atoms with van der Waals surface area (Å²) in [6, 6.07) is -0.578. The summed E-state index contributed by atoms with van der Waals surface area (Å²) >= 11 is 0. The van der Waals surface area contributed by atoms with Gasteiger partial charge in [0, 0.05) is 25.6 Å². The summed E-state index contributed by atoms with van der Waals surface area (Å²) in [7, 11) is -79.6. The lowest BCUT2D eigenvalue weighted by atomic mass is 10.1. The fourth-order valence-corrected chi connectivity index (χ4v) is 27.5. The maximum absolute atomic E-state index is 11.9. The number of H-pyrrole nitrogens is 5. The number of aromatic amines is 5.